The molecule has 5 heteroatoms. The minimum atomic E-state index is -1.22. The summed E-state index contributed by atoms with van der Waals surface area (Å²) in [5.41, 5.74) is 0.642. The molecule has 0 aliphatic carbocycles. The number of para-hydroxylation sites is 1. The molecule has 1 aromatic carbocycles. The third kappa shape index (κ3) is 2.31. The van der Waals surface area contributed by atoms with Gasteiger partial charge in [0.1, 0.15) is 11.3 Å². The van der Waals surface area contributed by atoms with Crippen LogP contribution in [0, 0.1) is 6.92 Å². The number of benzene rings is 1. The zero-order valence-electron chi connectivity index (χ0n) is 11.3. The number of hydrogen-bond donors (Lipinski definition) is 2. The van der Waals surface area contributed by atoms with Gasteiger partial charge in [0.15, 0.2) is 5.60 Å². The summed E-state index contributed by atoms with van der Waals surface area (Å²) in [6, 6.07) is 7.80. The fraction of sp³-hybridized carbons (Fsp3) is 0.400. The summed E-state index contributed by atoms with van der Waals surface area (Å²) in [5, 5.41) is 14.0. The van der Waals surface area contributed by atoms with Crippen molar-refractivity contribution in [3.8, 4) is 0 Å². The van der Waals surface area contributed by atoms with Crippen molar-refractivity contribution >= 4 is 28.6 Å². The zero-order chi connectivity index (χ0) is 14.2. The molecule has 1 saturated heterocycles. The van der Waals surface area contributed by atoms with Crippen LogP contribution in [0.5, 0.6) is 0 Å². The highest BCUT2D eigenvalue weighted by atomic mass is 32.2. The number of carbonyl (C=O) groups is 1. The molecule has 4 nitrogen and oxygen atoms in total. The maximum absolute atomic E-state index is 12.1. The van der Waals surface area contributed by atoms with E-state index in [0.29, 0.717) is 18.7 Å². The first kappa shape index (κ1) is 13.5. The Morgan fingerprint density at radius 1 is 1.50 bits per heavy atom. The van der Waals surface area contributed by atoms with Crippen LogP contribution in [0.15, 0.2) is 28.7 Å². The summed E-state index contributed by atoms with van der Waals surface area (Å²) in [6.07, 6.45) is 0.516. The summed E-state index contributed by atoms with van der Waals surface area (Å²) in [7, 11) is 0. The zero-order valence-corrected chi connectivity index (χ0v) is 12.1. The number of furan rings is 1. The molecule has 0 radical (unpaired) electrons. The number of thioether (sulfide) groups is 1. The van der Waals surface area contributed by atoms with E-state index in [9.17, 15) is 9.90 Å². The lowest BCUT2D eigenvalue weighted by molar-refractivity contribution is -0.137. The van der Waals surface area contributed by atoms with Crippen molar-refractivity contribution in [2.75, 3.05) is 11.5 Å². The van der Waals surface area contributed by atoms with Crippen molar-refractivity contribution in [2.24, 2.45) is 0 Å². The Kier molecular flexibility index (Phi) is 3.48. The monoisotopic (exact) mass is 291 g/mol. The molecule has 0 saturated carbocycles. The number of amides is 1. The molecule has 1 atom stereocenters. The summed E-state index contributed by atoms with van der Waals surface area (Å²) in [5.74, 6) is 1.74. The molecule has 0 spiro atoms. The predicted octanol–water partition coefficient (Wildman–Crippen LogP) is 2.23. The lowest BCUT2D eigenvalue weighted by Crippen LogP contribution is -2.46. The fourth-order valence-electron chi connectivity index (χ4n) is 2.45. The van der Waals surface area contributed by atoms with E-state index in [0.717, 1.165) is 28.0 Å². The maximum Gasteiger partial charge on any atom is 0.253 e. The summed E-state index contributed by atoms with van der Waals surface area (Å²) >= 11 is 1.60. The van der Waals surface area contributed by atoms with Crippen LogP contribution in [0.3, 0.4) is 0 Å². The summed E-state index contributed by atoms with van der Waals surface area (Å²) in [6.45, 7) is 2.29. The lowest BCUT2D eigenvalue weighted by Gasteiger charge is -2.19. The number of rotatable bonds is 3. The smallest absolute Gasteiger partial charge is 0.253 e. The van der Waals surface area contributed by atoms with Gasteiger partial charge in [-0.1, -0.05) is 18.2 Å². The normalized spacial score (nSPS) is 22.3. The van der Waals surface area contributed by atoms with Crippen LogP contribution in [-0.4, -0.2) is 28.1 Å². The van der Waals surface area contributed by atoms with Gasteiger partial charge in [-0.05, 0) is 25.2 Å². The number of fused-ring (bicyclic) bond motifs is 1. The third-order valence-corrected chi connectivity index (χ3v) is 4.95. The van der Waals surface area contributed by atoms with Gasteiger partial charge in [0.2, 0.25) is 0 Å². The lowest BCUT2D eigenvalue weighted by atomic mass is 10.0. The van der Waals surface area contributed by atoms with Crippen LogP contribution < -0.4 is 5.32 Å². The van der Waals surface area contributed by atoms with Crippen LogP contribution in [0.1, 0.15) is 17.7 Å². The first-order chi connectivity index (χ1) is 9.60. The van der Waals surface area contributed by atoms with Crippen molar-refractivity contribution in [1.82, 2.24) is 5.32 Å². The molecule has 2 N–H and O–H groups in total. The van der Waals surface area contributed by atoms with Gasteiger partial charge in [-0.15, -0.1) is 0 Å². The molecule has 2 heterocycles. The molecular formula is C15H17NO3S. The second-order valence-corrected chi connectivity index (χ2v) is 6.27. The summed E-state index contributed by atoms with van der Waals surface area (Å²) in [4.78, 5) is 12.1. The average Bonchev–Trinajstić information content (AvgIpc) is 3.03. The fourth-order valence-corrected chi connectivity index (χ4v) is 3.69. The Morgan fingerprint density at radius 2 is 2.30 bits per heavy atom. The van der Waals surface area contributed by atoms with E-state index >= 15 is 0 Å². The van der Waals surface area contributed by atoms with E-state index in [4.69, 9.17) is 4.42 Å². The first-order valence-corrected chi connectivity index (χ1v) is 7.81. The second kappa shape index (κ2) is 5.14. The number of carbonyl (C=O) groups excluding carboxylic acids is 1. The Bertz CT molecular complexity index is 644. The van der Waals surface area contributed by atoms with Crippen LogP contribution in [0.4, 0.5) is 0 Å². The molecule has 1 aliphatic rings. The van der Waals surface area contributed by atoms with Crippen molar-refractivity contribution in [3.63, 3.8) is 0 Å². The predicted molar refractivity (Wildman–Crippen MR) is 79.7 cm³/mol. The number of aryl methyl sites for hydroxylation is 1. The van der Waals surface area contributed by atoms with Crippen molar-refractivity contribution < 1.29 is 14.3 Å². The molecule has 1 unspecified atom stereocenters. The van der Waals surface area contributed by atoms with E-state index in [1.165, 1.54) is 0 Å². The van der Waals surface area contributed by atoms with Crippen LogP contribution in [0.2, 0.25) is 0 Å². The van der Waals surface area contributed by atoms with E-state index < -0.39 is 5.60 Å². The van der Waals surface area contributed by atoms with Gasteiger partial charge in [0.05, 0.1) is 6.54 Å². The van der Waals surface area contributed by atoms with E-state index in [1.807, 2.05) is 31.2 Å². The molecule has 1 aliphatic heterocycles. The standard InChI is InChI=1S/C15H17NO3S/c1-10-11-4-2-3-5-12(11)19-13(10)8-16-14(17)15(18)6-7-20-9-15/h2-5,18H,6-9H2,1H3,(H,16,17). The molecule has 20 heavy (non-hydrogen) atoms. The van der Waals surface area contributed by atoms with Crippen LogP contribution in [-0.2, 0) is 11.3 Å². The van der Waals surface area contributed by atoms with Gasteiger partial charge in [-0.3, -0.25) is 4.79 Å². The second-order valence-electron chi connectivity index (χ2n) is 5.16. The summed E-state index contributed by atoms with van der Waals surface area (Å²) < 4.78 is 5.74. The van der Waals surface area contributed by atoms with E-state index in [-0.39, 0.29) is 5.91 Å². The quantitative estimate of drug-likeness (QED) is 0.910. The third-order valence-electron chi connectivity index (χ3n) is 3.78. The Balaban J connectivity index is 1.74. The average molecular weight is 291 g/mol. The number of aliphatic hydroxyl groups is 1. The number of hydrogen-bond acceptors (Lipinski definition) is 4. The maximum atomic E-state index is 12.1. The highest BCUT2D eigenvalue weighted by Gasteiger charge is 2.39. The van der Waals surface area contributed by atoms with Crippen molar-refractivity contribution in [3.05, 3.63) is 35.6 Å². The van der Waals surface area contributed by atoms with Crippen LogP contribution >= 0.6 is 11.8 Å². The van der Waals surface area contributed by atoms with E-state index in [2.05, 4.69) is 5.32 Å². The van der Waals surface area contributed by atoms with Gasteiger partial charge in [-0.2, -0.15) is 11.8 Å². The number of nitrogens with one attached hydrogen (secondary N) is 1. The minimum Gasteiger partial charge on any atom is -0.459 e. The van der Waals surface area contributed by atoms with Gasteiger partial charge >= 0.3 is 0 Å². The van der Waals surface area contributed by atoms with Crippen LogP contribution in [0.25, 0.3) is 11.0 Å². The van der Waals surface area contributed by atoms with Gasteiger partial charge in [0, 0.05) is 16.7 Å². The molecule has 3 rings (SSSR count). The molecular weight excluding hydrogens is 274 g/mol. The molecule has 1 fully saturated rings. The van der Waals surface area contributed by atoms with Gasteiger partial charge in [0.25, 0.3) is 5.91 Å². The Hall–Kier alpha value is -1.46. The molecule has 106 valence electrons. The minimum absolute atomic E-state index is 0.303. The van der Waals surface area contributed by atoms with Crippen molar-refractivity contribution in [1.29, 1.82) is 0 Å². The molecule has 0 bridgehead atoms. The largest absolute Gasteiger partial charge is 0.459 e. The SMILES string of the molecule is Cc1c(CNC(=O)C2(O)CCSC2)oc2ccccc12. The molecule has 1 amide bonds. The highest BCUT2D eigenvalue weighted by Crippen LogP contribution is 2.28. The Labute approximate surface area is 121 Å². The Morgan fingerprint density at radius 3 is 3.00 bits per heavy atom. The highest BCUT2D eigenvalue weighted by molar-refractivity contribution is 7.99. The molecule has 1 aromatic heterocycles. The molecule has 2 aromatic rings. The van der Waals surface area contributed by atoms with Gasteiger partial charge < -0.3 is 14.8 Å². The van der Waals surface area contributed by atoms with E-state index in [1.54, 1.807) is 11.8 Å². The van der Waals surface area contributed by atoms with Gasteiger partial charge in [-0.25, -0.2) is 0 Å². The van der Waals surface area contributed by atoms with Crippen molar-refractivity contribution in [2.45, 2.75) is 25.5 Å². The first-order valence-electron chi connectivity index (χ1n) is 6.65. The topological polar surface area (TPSA) is 62.5 Å².